The predicted molar refractivity (Wildman–Crippen MR) is 65.7 cm³/mol. The quantitative estimate of drug-likeness (QED) is 0.784. The van der Waals surface area contributed by atoms with Crippen LogP contribution in [0.4, 0.5) is 0 Å². The van der Waals surface area contributed by atoms with Crippen molar-refractivity contribution >= 4 is 29.5 Å². The Kier molecular flexibility index (Phi) is 4.22. The molecule has 2 N–H and O–H groups in total. The minimum Gasteiger partial charge on any atom is -0.481 e. The SMILES string of the molecule is O=C(O)C1CCC1NCC1CSCCS1. The molecule has 0 amide bonds. The maximum atomic E-state index is 10.8. The Hall–Kier alpha value is 0.130. The number of hydrogen-bond acceptors (Lipinski definition) is 4. The lowest BCUT2D eigenvalue weighted by atomic mass is 9.79. The second-order valence-electron chi connectivity index (χ2n) is 4.10. The number of rotatable bonds is 4. The molecule has 0 aromatic heterocycles. The molecule has 1 heterocycles. The summed E-state index contributed by atoms with van der Waals surface area (Å²) in [7, 11) is 0. The van der Waals surface area contributed by atoms with E-state index in [-0.39, 0.29) is 12.0 Å². The Balaban J connectivity index is 1.67. The summed E-state index contributed by atoms with van der Waals surface area (Å²) in [5, 5.41) is 13.0. The summed E-state index contributed by atoms with van der Waals surface area (Å²) >= 11 is 4.03. The fraction of sp³-hybridized carbons (Fsp3) is 0.900. The van der Waals surface area contributed by atoms with Crippen LogP contribution in [0, 0.1) is 5.92 Å². The van der Waals surface area contributed by atoms with Gasteiger partial charge in [0.15, 0.2) is 0 Å². The summed E-state index contributed by atoms with van der Waals surface area (Å²) in [6.07, 6.45) is 1.88. The summed E-state index contributed by atoms with van der Waals surface area (Å²) in [4.78, 5) is 10.8. The zero-order chi connectivity index (χ0) is 10.7. The van der Waals surface area contributed by atoms with Gasteiger partial charge in [0.2, 0.25) is 0 Å². The third kappa shape index (κ3) is 3.04. The maximum absolute atomic E-state index is 10.8. The van der Waals surface area contributed by atoms with Crippen LogP contribution in [0.2, 0.25) is 0 Å². The Morgan fingerprint density at radius 3 is 2.80 bits per heavy atom. The molecular weight excluding hydrogens is 230 g/mol. The van der Waals surface area contributed by atoms with Crippen molar-refractivity contribution in [2.45, 2.75) is 24.1 Å². The number of carboxylic acids is 1. The van der Waals surface area contributed by atoms with Gasteiger partial charge in [0.05, 0.1) is 5.92 Å². The molecule has 5 heteroatoms. The molecule has 3 nitrogen and oxygen atoms in total. The number of thioether (sulfide) groups is 2. The molecule has 0 bridgehead atoms. The molecule has 1 saturated carbocycles. The van der Waals surface area contributed by atoms with Gasteiger partial charge in [0.1, 0.15) is 0 Å². The van der Waals surface area contributed by atoms with E-state index in [0.717, 1.165) is 19.4 Å². The molecule has 3 unspecified atom stereocenters. The zero-order valence-corrected chi connectivity index (χ0v) is 10.3. The van der Waals surface area contributed by atoms with Crippen molar-refractivity contribution in [1.82, 2.24) is 5.32 Å². The second-order valence-corrected chi connectivity index (χ2v) is 6.66. The highest BCUT2D eigenvalue weighted by Crippen LogP contribution is 2.29. The molecule has 1 aliphatic carbocycles. The molecular formula is C10H17NO2S2. The molecule has 2 rings (SSSR count). The van der Waals surface area contributed by atoms with E-state index >= 15 is 0 Å². The van der Waals surface area contributed by atoms with Crippen LogP contribution in [0.25, 0.3) is 0 Å². The number of carbonyl (C=O) groups is 1. The molecule has 86 valence electrons. The highest BCUT2D eigenvalue weighted by molar-refractivity contribution is 8.06. The molecule has 3 atom stereocenters. The van der Waals surface area contributed by atoms with Crippen molar-refractivity contribution in [2.24, 2.45) is 5.92 Å². The molecule has 0 radical (unpaired) electrons. The third-order valence-corrected chi connectivity index (χ3v) is 5.93. The van der Waals surface area contributed by atoms with Gasteiger partial charge in [-0.25, -0.2) is 0 Å². The van der Waals surface area contributed by atoms with Gasteiger partial charge in [-0.05, 0) is 12.8 Å². The smallest absolute Gasteiger partial charge is 0.308 e. The van der Waals surface area contributed by atoms with Crippen molar-refractivity contribution in [1.29, 1.82) is 0 Å². The van der Waals surface area contributed by atoms with Gasteiger partial charge >= 0.3 is 5.97 Å². The van der Waals surface area contributed by atoms with E-state index in [4.69, 9.17) is 5.11 Å². The minimum absolute atomic E-state index is 0.133. The topological polar surface area (TPSA) is 49.3 Å². The largest absolute Gasteiger partial charge is 0.481 e. The summed E-state index contributed by atoms with van der Waals surface area (Å²) in [5.74, 6) is 2.95. The number of hydrogen-bond donors (Lipinski definition) is 2. The van der Waals surface area contributed by atoms with Gasteiger partial charge in [-0.15, -0.1) is 0 Å². The van der Waals surface area contributed by atoms with Crippen LogP contribution in [0.5, 0.6) is 0 Å². The molecule has 0 aromatic carbocycles. The van der Waals surface area contributed by atoms with Gasteiger partial charge in [-0.1, -0.05) is 0 Å². The number of aliphatic carboxylic acids is 1. The molecule has 2 aliphatic rings. The summed E-state index contributed by atoms with van der Waals surface area (Å²) in [6, 6.07) is 0.232. The first-order chi connectivity index (χ1) is 7.27. The first-order valence-corrected chi connectivity index (χ1v) is 7.63. The second kappa shape index (κ2) is 5.46. The van der Waals surface area contributed by atoms with Crippen LogP contribution < -0.4 is 5.32 Å². The van der Waals surface area contributed by atoms with Crippen LogP contribution in [-0.4, -0.2) is 46.2 Å². The Labute approximate surface area is 98.8 Å². The van der Waals surface area contributed by atoms with Crippen molar-refractivity contribution < 1.29 is 9.90 Å². The van der Waals surface area contributed by atoms with Crippen LogP contribution in [0.15, 0.2) is 0 Å². The van der Waals surface area contributed by atoms with Crippen molar-refractivity contribution in [2.75, 3.05) is 23.8 Å². The van der Waals surface area contributed by atoms with E-state index in [2.05, 4.69) is 5.32 Å². The van der Waals surface area contributed by atoms with Gasteiger partial charge < -0.3 is 10.4 Å². The average molecular weight is 247 g/mol. The molecule has 0 spiro atoms. The van der Waals surface area contributed by atoms with Crippen molar-refractivity contribution in [3.05, 3.63) is 0 Å². The Morgan fingerprint density at radius 2 is 2.27 bits per heavy atom. The highest BCUT2D eigenvalue weighted by atomic mass is 32.2. The number of nitrogens with one attached hydrogen (secondary N) is 1. The summed E-state index contributed by atoms with van der Waals surface area (Å²) in [6.45, 7) is 0.978. The van der Waals surface area contributed by atoms with E-state index in [0.29, 0.717) is 5.25 Å². The predicted octanol–water partition coefficient (Wildman–Crippen LogP) is 1.29. The van der Waals surface area contributed by atoms with Crippen LogP contribution in [-0.2, 0) is 4.79 Å². The summed E-state index contributed by atoms with van der Waals surface area (Å²) < 4.78 is 0. The van der Waals surface area contributed by atoms with E-state index in [1.54, 1.807) is 0 Å². The first-order valence-electron chi connectivity index (χ1n) is 5.43. The molecule has 0 aromatic rings. The third-order valence-electron chi connectivity index (χ3n) is 3.08. The lowest BCUT2D eigenvalue weighted by Crippen LogP contribution is -2.49. The van der Waals surface area contributed by atoms with Gasteiger partial charge in [0, 0.05) is 35.1 Å². The maximum Gasteiger partial charge on any atom is 0.308 e. The lowest BCUT2D eigenvalue weighted by Gasteiger charge is -2.35. The van der Waals surface area contributed by atoms with Crippen molar-refractivity contribution in [3.63, 3.8) is 0 Å². The van der Waals surface area contributed by atoms with Crippen LogP contribution in [0.1, 0.15) is 12.8 Å². The van der Waals surface area contributed by atoms with Gasteiger partial charge in [0.25, 0.3) is 0 Å². The standard InChI is InChI=1S/C10H17NO2S2/c12-10(13)8-1-2-9(8)11-5-7-6-14-3-4-15-7/h7-9,11H,1-6H2,(H,12,13). The average Bonchev–Trinajstić information content (AvgIpc) is 2.17. The fourth-order valence-electron chi connectivity index (χ4n) is 1.98. The van der Waals surface area contributed by atoms with E-state index < -0.39 is 5.97 Å². The monoisotopic (exact) mass is 247 g/mol. The first kappa shape index (κ1) is 11.6. The van der Waals surface area contributed by atoms with Gasteiger partial charge in [-0.3, -0.25) is 4.79 Å². The normalized spacial score (nSPS) is 35.9. The molecule has 2 fully saturated rings. The molecule has 1 saturated heterocycles. The van der Waals surface area contributed by atoms with Crippen molar-refractivity contribution in [3.8, 4) is 0 Å². The van der Waals surface area contributed by atoms with E-state index in [1.807, 2.05) is 23.5 Å². The highest BCUT2D eigenvalue weighted by Gasteiger charge is 2.36. The zero-order valence-electron chi connectivity index (χ0n) is 8.65. The Morgan fingerprint density at radius 1 is 1.40 bits per heavy atom. The van der Waals surface area contributed by atoms with E-state index in [9.17, 15) is 4.79 Å². The molecule has 1 aliphatic heterocycles. The summed E-state index contributed by atoms with van der Waals surface area (Å²) in [5.41, 5.74) is 0. The minimum atomic E-state index is -0.635. The number of carboxylic acid groups (broad SMARTS) is 1. The molecule has 15 heavy (non-hydrogen) atoms. The van der Waals surface area contributed by atoms with Gasteiger partial charge in [-0.2, -0.15) is 23.5 Å². The van der Waals surface area contributed by atoms with E-state index in [1.165, 1.54) is 17.3 Å². The van der Waals surface area contributed by atoms with Crippen LogP contribution in [0.3, 0.4) is 0 Å². The van der Waals surface area contributed by atoms with Crippen LogP contribution >= 0.6 is 23.5 Å². The Bertz CT molecular complexity index is 231. The fourth-order valence-corrected chi connectivity index (χ4v) is 4.60. The lowest BCUT2D eigenvalue weighted by molar-refractivity contribution is -0.146.